The average Bonchev–Trinajstić information content (AvgIpc) is 3.09. The molecular weight excluding hydrogens is 338 g/mol. The molecule has 0 saturated heterocycles. The van der Waals surface area contributed by atoms with Crippen molar-refractivity contribution < 1.29 is 13.2 Å². The number of benzene rings is 1. The van der Waals surface area contributed by atoms with E-state index in [-0.39, 0.29) is 22.6 Å². The van der Waals surface area contributed by atoms with Crippen LogP contribution in [0.3, 0.4) is 0 Å². The molecule has 1 aliphatic rings. The third-order valence-corrected chi connectivity index (χ3v) is 7.10. The summed E-state index contributed by atoms with van der Waals surface area (Å²) in [6, 6.07) is 6.72. The number of hydrogen-bond acceptors (Lipinski definition) is 4. The highest BCUT2D eigenvalue weighted by Gasteiger charge is 2.31. The standard InChI is InChI=1S/C18H29N3O3S/c1-3-21(4-2)25(23,24)16-10-8-14(9-11-16)13-20-18(22)17-7-5-6-15(17)12-19/h8-11,15,17H,3-7,12-13,19H2,1-2H3,(H,20,22)/t15-,17-/m1/s1. The zero-order valence-electron chi connectivity index (χ0n) is 15.1. The summed E-state index contributed by atoms with van der Waals surface area (Å²) in [5.74, 6) is 0.335. The van der Waals surface area contributed by atoms with Gasteiger partial charge in [0.05, 0.1) is 4.90 Å². The number of carbonyl (C=O) groups is 1. The van der Waals surface area contributed by atoms with Crippen molar-refractivity contribution in [3.63, 3.8) is 0 Å². The lowest BCUT2D eigenvalue weighted by Crippen LogP contribution is -2.34. The van der Waals surface area contributed by atoms with Crippen LogP contribution >= 0.6 is 0 Å². The second-order valence-electron chi connectivity index (χ2n) is 6.48. The summed E-state index contributed by atoms with van der Waals surface area (Å²) in [6.45, 7) is 5.49. The molecule has 7 heteroatoms. The Morgan fingerprint density at radius 1 is 1.20 bits per heavy atom. The zero-order chi connectivity index (χ0) is 18.4. The van der Waals surface area contributed by atoms with Crippen molar-refractivity contribution in [3.05, 3.63) is 29.8 Å². The van der Waals surface area contributed by atoms with E-state index in [0.29, 0.717) is 26.2 Å². The van der Waals surface area contributed by atoms with Gasteiger partial charge in [-0.15, -0.1) is 0 Å². The van der Waals surface area contributed by atoms with Crippen molar-refractivity contribution in [2.24, 2.45) is 17.6 Å². The Labute approximate surface area is 150 Å². The summed E-state index contributed by atoms with van der Waals surface area (Å²) in [4.78, 5) is 12.6. The first-order valence-corrected chi connectivity index (χ1v) is 10.4. The predicted octanol–water partition coefficient (Wildman–Crippen LogP) is 1.71. The smallest absolute Gasteiger partial charge is 0.243 e. The van der Waals surface area contributed by atoms with Crippen LogP contribution in [0.2, 0.25) is 0 Å². The highest BCUT2D eigenvalue weighted by atomic mass is 32.2. The van der Waals surface area contributed by atoms with E-state index in [1.807, 2.05) is 13.8 Å². The minimum Gasteiger partial charge on any atom is -0.352 e. The molecule has 0 spiro atoms. The molecule has 0 heterocycles. The van der Waals surface area contributed by atoms with Gasteiger partial charge in [-0.3, -0.25) is 4.79 Å². The second kappa shape index (κ2) is 8.78. The fourth-order valence-corrected chi connectivity index (χ4v) is 4.93. The van der Waals surface area contributed by atoms with Gasteiger partial charge in [0.2, 0.25) is 15.9 Å². The first-order chi connectivity index (χ1) is 11.9. The van der Waals surface area contributed by atoms with Crippen LogP contribution in [0.1, 0.15) is 38.7 Å². The van der Waals surface area contributed by atoms with Crippen LogP contribution in [0.4, 0.5) is 0 Å². The van der Waals surface area contributed by atoms with Crippen LogP contribution in [0.25, 0.3) is 0 Å². The minimum absolute atomic E-state index is 0.00678. The molecule has 0 aromatic heterocycles. The maximum atomic E-state index is 12.5. The summed E-state index contributed by atoms with van der Waals surface area (Å²) in [5.41, 5.74) is 6.62. The van der Waals surface area contributed by atoms with E-state index < -0.39 is 10.0 Å². The summed E-state index contributed by atoms with van der Waals surface area (Å²) in [5, 5.41) is 2.95. The van der Waals surface area contributed by atoms with Crippen molar-refractivity contribution in [3.8, 4) is 0 Å². The largest absolute Gasteiger partial charge is 0.352 e. The maximum Gasteiger partial charge on any atom is 0.243 e. The number of sulfonamides is 1. The molecule has 0 unspecified atom stereocenters. The molecular formula is C18H29N3O3S. The van der Waals surface area contributed by atoms with Gasteiger partial charge in [-0.25, -0.2) is 8.42 Å². The SMILES string of the molecule is CCN(CC)S(=O)(=O)c1ccc(CNC(=O)[C@@H]2CCC[C@@H]2CN)cc1. The van der Waals surface area contributed by atoms with Crippen LogP contribution in [-0.2, 0) is 21.4 Å². The molecule has 2 atom stereocenters. The van der Waals surface area contributed by atoms with Crippen molar-refractivity contribution in [2.45, 2.75) is 44.6 Å². The number of carbonyl (C=O) groups excluding carboxylic acids is 1. The Bertz CT molecular complexity index is 669. The fraction of sp³-hybridized carbons (Fsp3) is 0.611. The molecule has 140 valence electrons. The van der Waals surface area contributed by atoms with Crippen LogP contribution < -0.4 is 11.1 Å². The van der Waals surface area contributed by atoms with E-state index in [1.165, 1.54) is 4.31 Å². The normalized spacial score (nSPS) is 20.8. The molecule has 1 amide bonds. The zero-order valence-corrected chi connectivity index (χ0v) is 15.9. The number of rotatable bonds is 8. The number of hydrogen-bond donors (Lipinski definition) is 2. The monoisotopic (exact) mass is 367 g/mol. The molecule has 1 aromatic rings. The highest BCUT2D eigenvalue weighted by Crippen LogP contribution is 2.31. The maximum absolute atomic E-state index is 12.5. The van der Waals surface area contributed by atoms with Gasteiger partial charge < -0.3 is 11.1 Å². The van der Waals surface area contributed by atoms with Gasteiger partial charge in [-0.05, 0) is 43.0 Å². The summed E-state index contributed by atoms with van der Waals surface area (Å²) in [6.07, 6.45) is 2.97. The number of nitrogens with zero attached hydrogens (tertiary/aromatic N) is 1. The van der Waals surface area contributed by atoms with Gasteiger partial charge >= 0.3 is 0 Å². The third-order valence-electron chi connectivity index (χ3n) is 5.03. The minimum atomic E-state index is -3.44. The van der Waals surface area contributed by atoms with Crippen LogP contribution in [-0.4, -0.2) is 38.3 Å². The lowest BCUT2D eigenvalue weighted by atomic mass is 9.95. The van der Waals surface area contributed by atoms with Gasteiger partial charge in [0, 0.05) is 25.6 Å². The van der Waals surface area contributed by atoms with Crippen molar-refractivity contribution >= 4 is 15.9 Å². The summed E-state index contributed by atoms with van der Waals surface area (Å²) < 4.78 is 26.3. The van der Waals surface area contributed by atoms with Crippen LogP contribution in [0, 0.1) is 11.8 Å². The van der Waals surface area contributed by atoms with Crippen molar-refractivity contribution in [2.75, 3.05) is 19.6 Å². The van der Waals surface area contributed by atoms with Crippen molar-refractivity contribution in [1.82, 2.24) is 9.62 Å². The Kier molecular flexibility index (Phi) is 6.98. The summed E-state index contributed by atoms with van der Waals surface area (Å²) in [7, 11) is -3.44. The quantitative estimate of drug-likeness (QED) is 0.731. The molecule has 3 N–H and O–H groups in total. The van der Waals surface area contributed by atoms with E-state index in [4.69, 9.17) is 5.73 Å². The molecule has 25 heavy (non-hydrogen) atoms. The van der Waals surface area contributed by atoms with Gasteiger partial charge in [-0.1, -0.05) is 32.4 Å². The van der Waals surface area contributed by atoms with E-state index in [9.17, 15) is 13.2 Å². The van der Waals surface area contributed by atoms with Gasteiger partial charge in [0.25, 0.3) is 0 Å². The van der Waals surface area contributed by atoms with Crippen LogP contribution in [0.5, 0.6) is 0 Å². The Morgan fingerprint density at radius 3 is 2.40 bits per heavy atom. The van der Waals surface area contributed by atoms with Gasteiger partial charge in [-0.2, -0.15) is 4.31 Å². The molecule has 2 rings (SSSR count). The fourth-order valence-electron chi connectivity index (χ4n) is 3.48. The summed E-state index contributed by atoms with van der Waals surface area (Å²) >= 11 is 0. The highest BCUT2D eigenvalue weighted by molar-refractivity contribution is 7.89. The van der Waals surface area contributed by atoms with E-state index in [0.717, 1.165) is 24.8 Å². The molecule has 1 aromatic carbocycles. The Morgan fingerprint density at radius 2 is 1.84 bits per heavy atom. The molecule has 0 aliphatic heterocycles. The molecule has 1 saturated carbocycles. The van der Waals surface area contributed by atoms with Gasteiger partial charge in [0.1, 0.15) is 0 Å². The first kappa shape index (κ1) is 19.9. The van der Waals surface area contributed by atoms with Crippen LogP contribution in [0.15, 0.2) is 29.2 Å². The predicted molar refractivity (Wildman–Crippen MR) is 98.3 cm³/mol. The van der Waals surface area contributed by atoms with Crippen molar-refractivity contribution in [1.29, 1.82) is 0 Å². The van der Waals surface area contributed by atoms with Gasteiger partial charge in [0.15, 0.2) is 0 Å². The average molecular weight is 368 g/mol. The molecule has 6 nitrogen and oxygen atoms in total. The number of nitrogens with one attached hydrogen (secondary N) is 1. The molecule has 1 fully saturated rings. The molecule has 1 aliphatic carbocycles. The Balaban J connectivity index is 1.98. The number of amides is 1. The number of nitrogens with two attached hydrogens (primary N) is 1. The first-order valence-electron chi connectivity index (χ1n) is 9.00. The van der Waals surface area contributed by atoms with E-state index >= 15 is 0 Å². The second-order valence-corrected chi connectivity index (χ2v) is 8.42. The molecule has 0 bridgehead atoms. The lowest BCUT2D eigenvalue weighted by Gasteiger charge is -2.19. The topological polar surface area (TPSA) is 92.5 Å². The van der Waals surface area contributed by atoms with E-state index in [1.54, 1.807) is 24.3 Å². The molecule has 0 radical (unpaired) electrons. The third kappa shape index (κ3) is 4.59. The Hall–Kier alpha value is -1.44. The lowest BCUT2D eigenvalue weighted by molar-refractivity contribution is -0.126. The van der Waals surface area contributed by atoms with E-state index in [2.05, 4.69) is 5.32 Å².